The molecule has 4 nitrogen and oxygen atoms in total. The third-order valence-corrected chi connectivity index (χ3v) is 7.58. The Balaban J connectivity index is 1.38. The molecule has 2 atom stereocenters. The van der Waals surface area contributed by atoms with E-state index in [1.165, 1.54) is 44.6 Å². The Hall–Kier alpha value is -2.30. The Morgan fingerprint density at radius 1 is 1.15 bits per heavy atom. The molecule has 0 bridgehead atoms. The van der Waals surface area contributed by atoms with Crippen molar-refractivity contribution in [2.24, 2.45) is 5.41 Å². The summed E-state index contributed by atoms with van der Waals surface area (Å²) in [7, 11) is 0. The Bertz CT molecular complexity index is 992. The number of benzene rings is 2. The highest BCUT2D eigenvalue weighted by Crippen LogP contribution is 2.41. The monoisotopic (exact) mass is 482 g/mol. The molecule has 0 radical (unpaired) electrons. The summed E-state index contributed by atoms with van der Waals surface area (Å²) in [6.45, 7) is 4.73. The fourth-order valence-corrected chi connectivity index (χ4v) is 5.17. The smallest absolute Gasteiger partial charge is 0.302 e. The van der Waals surface area contributed by atoms with Gasteiger partial charge in [-0.1, -0.05) is 67.8 Å². The summed E-state index contributed by atoms with van der Waals surface area (Å²) >= 11 is 6.55. The number of carbonyl (C=O) groups is 1. The average Bonchev–Trinajstić information content (AvgIpc) is 3.33. The van der Waals surface area contributed by atoms with Crippen molar-refractivity contribution in [3.05, 3.63) is 76.3 Å². The highest BCUT2D eigenvalue weighted by molar-refractivity contribution is 6.31. The van der Waals surface area contributed by atoms with Crippen molar-refractivity contribution in [2.45, 2.75) is 71.0 Å². The van der Waals surface area contributed by atoms with Crippen molar-refractivity contribution < 1.29 is 19.0 Å². The van der Waals surface area contributed by atoms with Gasteiger partial charge in [0.2, 0.25) is 0 Å². The number of halogens is 1. The van der Waals surface area contributed by atoms with E-state index in [0.717, 1.165) is 41.3 Å². The Morgan fingerprint density at radius 2 is 1.91 bits per heavy atom. The highest BCUT2D eigenvalue weighted by Gasteiger charge is 2.32. The van der Waals surface area contributed by atoms with Crippen molar-refractivity contribution in [3.63, 3.8) is 0 Å². The second-order valence-corrected chi connectivity index (χ2v) is 10.1. The van der Waals surface area contributed by atoms with Crippen LogP contribution in [0.4, 0.5) is 0 Å². The van der Waals surface area contributed by atoms with Gasteiger partial charge in [0.25, 0.3) is 0 Å². The fourth-order valence-electron chi connectivity index (χ4n) is 4.99. The lowest BCUT2D eigenvalue weighted by atomic mass is 9.84. The van der Waals surface area contributed by atoms with Crippen molar-refractivity contribution in [1.29, 1.82) is 0 Å². The number of hydrogen-bond donors (Lipinski definition) is 0. The first-order valence-electron chi connectivity index (χ1n) is 12.4. The number of esters is 1. The van der Waals surface area contributed by atoms with Crippen LogP contribution in [0.25, 0.3) is 0 Å². The molecule has 2 aromatic carbocycles. The largest absolute Gasteiger partial charge is 0.493 e. The Kier molecular flexibility index (Phi) is 8.33. The molecule has 1 fully saturated rings. The van der Waals surface area contributed by atoms with Crippen LogP contribution >= 0.6 is 11.6 Å². The number of hydrogen-bond acceptors (Lipinski definition) is 4. The molecule has 0 aromatic heterocycles. The lowest BCUT2D eigenvalue weighted by molar-refractivity contribution is -0.145. The molecule has 1 aliphatic heterocycles. The van der Waals surface area contributed by atoms with E-state index in [4.69, 9.17) is 25.8 Å². The topological polar surface area (TPSA) is 44.8 Å². The molecule has 0 N–H and O–H groups in total. The molecule has 0 amide bonds. The summed E-state index contributed by atoms with van der Waals surface area (Å²) in [5, 5.41) is 0.748. The van der Waals surface area contributed by atoms with E-state index in [9.17, 15) is 4.79 Å². The van der Waals surface area contributed by atoms with Crippen molar-refractivity contribution >= 4 is 17.6 Å². The quantitative estimate of drug-likeness (QED) is 0.279. The van der Waals surface area contributed by atoms with Crippen LogP contribution in [-0.4, -0.2) is 25.3 Å². The number of rotatable bonds is 9. The highest BCUT2D eigenvalue weighted by atomic mass is 35.5. The minimum Gasteiger partial charge on any atom is -0.493 e. The van der Waals surface area contributed by atoms with E-state index in [2.05, 4.69) is 43.3 Å². The molecule has 1 unspecified atom stereocenters. The van der Waals surface area contributed by atoms with Crippen LogP contribution in [0.15, 0.2) is 54.6 Å². The summed E-state index contributed by atoms with van der Waals surface area (Å²) in [5.41, 5.74) is 3.70. The van der Waals surface area contributed by atoms with Crippen molar-refractivity contribution in [3.8, 4) is 5.75 Å². The zero-order chi connectivity index (χ0) is 24.0. The third-order valence-electron chi connectivity index (χ3n) is 7.21. The van der Waals surface area contributed by atoms with E-state index in [0.29, 0.717) is 5.41 Å². The molecule has 4 rings (SSSR count). The average molecular weight is 483 g/mol. The first-order chi connectivity index (χ1) is 16.5. The van der Waals surface area contributed by atoms with Gasteiger partial charge in [-0.05, 0) is 67.0 Å². The molecule has 2 aromatic rings. The second-order valence-electron chi connectivity index (χ2n) is 9.65. The third kappa shape index (κ3) is 6.43. The summed E-state index contributed by atoms with van der Waals surface area (Å²) < 4.78 is 17.4. The van der Waals surface area contributed by atoms with E-state index in [1.54, 1.807) is 0 Å². The van der Waals surface area contributed by atoms with Gasteiger partial charge in [0.1, 0.15) is 18.5 Å². The molecular weight excluding hydrogens is 448 g/mol. The van der Waals surface area contributed by atoms with Crippen LogP contribution in [0.3, 0.4) is 0 Å². The Labute approximate surface area is 208 Å². The van der Waals surface area contributed by atoms with Crippen LogP contribution in [0, 0.1) is 5.41 Å². The van der Waals surface area contributed by atoms with Crippen LogP contribution in [0.2, 0.25) is 5.02 Å². The van der Waals surface area contributed by atoms with E-state index < -0.39 is 0 Å². The van der Waals surface area contributed by atoms with Crippen molar-refractivity contribution in [2.75, 3.05) is 13.2 Å². The molecule has 0 saturated heterocycles. The van der Waals surface area contributed by atoms with Crippen LogP contribution in [0.1, 0.15) is 75.2 Å². The predicted octanol–water partition coefficient (Wildman–Crippen LogP) is 7.23. The molecule has 34 heavy (non-hydrogen) atoms. The molecule has 5 heteroatoms. The number of ether oxygens (including phenoxy) is 3. The standard InChI is InChI=1S/C29H35ClO4/c1-3-29(15-4-5-16-29)20-33-25-12-9-22(10-13-25)17-24-18-23(11-14-27(24)30)28-8-6-7-26(34-28)19-32-21(2)31/h6-7,9-14,18,26,28H,3-5,8,15-17,19-20H2,1-2H3/t26-,28?/m1/s1. The van der Waals surface area contributed by atoms with Crippen LogP contribution in [0.5, 0.6) is 5.75 Å². The maximum absolute atomic E-state index is 11.1. The summed E-state index contributed by atoms with van der Waals surface area (Å²) in [6, 6.07) is 14.5. The van der Waals surface area contributed by atoms with E-state index in [1.807, 2.05) is 18.2 Å². The first kappa shape index (κ1) is 24.8. The summed E-state index contributed by atoms with van der Waals surface area (Å²) in [6.07, 6.45) is 11.6. The molecule has 1 aliphatic carbocycles. The molecular formula is C29H35ClO4. The van der Waals surface area contributed by atoms with E-state index >= 15 is 0 Å². The van der Waals surface area contributed by atoms with Gasteiger partial charge < -0.3 is 14.2 Å². The van der Waals surface area contributed by atoms with Gasteiger partial charge in [-0.25, -0.2) is 0 Å². The fraction of sp³-hybridized carbons (Fsp3) is 0.483. The lowest BCUT2D eigenvalue weighted by Crippen LogP contribution is -2.24. The van der Waals surface area contributed by atoms with E-state index in [-0.39, 0.29) is 24.8 Å². The maximum Gasteiger partial charge on any atom is 0.302 e. The SMILES string of the molecule is CCC1(COc2ccc(Cc3cc(C4CC=C[C@H](COC(C)=O)O4)ccc3Cl)cc2)CCCC1. The molecule has 182 valence electrons. The molecule has 2 aliphatic rings. The van der Waals surface area contributed by atoms with Crippen LogP contribution < -0.4 is 4.74 Å². The Morgan fingerprint density at radius 3 is 2.62 bits per heavy atom. The van der Waals surface area contributed by atoms with Gasteiger partial charge in [0.05, 0.1) is 12.7 Å². The second kappa shape index (κ2) is 11.4. The lowest BCUT2D eigenvalue weighted by Gasteiger charge is -2.27. The first-order valence-corrected chi connectivity index (χ1v) is 12.8. The minimum atomic E-state index is -0.298. The van der Waals surface area contributed by atoms with Crippen LogP contribution in [-0.2, 0) is 20.7 Å². The van der Waals surface area contributed by atoms with Crippen molar-refractivity contribution in [1.82, 2.24) is 0 Å². The summed E-state index contributed by atoms with van der Waals surface area (Å²) in [4.78, 5) is 11.1. The zero-order valence-electron chi connectivity index (χ0n) is 20.2. The van der Waals surface area contributed by atoms with Gasteiger partial charge in [-0.3, -0.25) is 4.79 Å². The maximum atomic E-state index is 11.1. The summed E-state index contributed by atoms with van der Waals surface area (Å²) in [5.74, 6) is 0.636. The number of carbonyl (C=O) groups excluding carboxylic acids is 1. The predicted molar refractivity (Wildman–Crippen MR) is 135 cm³/mol. The zero-order valence-corrected chi connectivity index (χ0v) is 21.0. The molecule has 0 spiro atoms. The van der Waals surface area contributed by atoms with Gasteiger partial charge in [0.15, 0.2) is 0 Å². The van der Waals surface area contributed by atoms with Gasteiger partial charge in [-0.2, -0.15) is 0 Å². The normalized spacial score (nSPS) is 21.4. The molecule has 1 saturated carbocycles. The van der Waals surface area contributed by atoms with Gasteiger partial charge in [0, 0.05) is 17.4 Å². The minimum absolute atomic E-state index is 0.0844. The van der Waals surface area contributed by atoms with Gasteiger partial charge in [-0.15, -0.1) is 0 Å². The van der Waals surface area contributed by atoms with Gasteiger partial charge >= 0.3 is 5.97 Å². The molecule has 1 heterocycles.